The molecule has 4 rings (SSSR count). The Morgan fingerprint density at radius 2 is 2.19 bits per heavy atom. The quantitative estimate of drug-likeness (QED) is 0.585. The van der Waals surface area contributed by atoms with Gasteiger partial charge in [0.15, 0.2) is 11.5 Å². The van der Waals surface area contributed by atoms with E-state index >= 15 is 0 Å². The number of carbonyl (C=O) groups excluding carboxylic acids is 1. The first-order valence-electron chi connectivity index (χ1n) is 10.7. The minimum Gasteiger partial charge on any atom is -0.493 e. The van der Waals surface area contributed by atoms with Gasteiger partial charge in [-0.25, -0.2) is 0 Å². The highest BCUT2D eigenvalue weighted by Gasteiger charge is 2.24. The Kier molecular flexibility index (Phi) is 5.93. The molecule has 0 aliphatic carbocycles. The lowest BCUT2D eigenvalue weighted by atomic mass is 10.0. The summed E-state index contributed by atoms with van der Waals surface area (Å²) in [6.45, 7) is 8.64. The Labute approximate surface area is 182 Å². The van der Waals surface area contributed by atoms with Crippen molar-refractivity contribution in [3.05, 3.63) is 59.6 Å². The molecule has 0 fully saturated rings. The van der Waals surface area contributed by atoms with Gasteiger partial charge >= 0.3 is 0 Å². The Hall–Kier alpha value is -3.35. The summed E-state index contributed by atoms with van der Waals surface area (Å²) in [5.41, 5.74) is 2.71. The van der Waals surface area contributed by atoms with E-state index in [4.69, 9.17) is 9.47 Å². The minimum absolute atomic E-state index is 0.138. The van der Waals surface area contributed by atoms with Crippen LogP contribution in [-0.2, 0) is 11.2 Å². The van der Waals surface area contributed by atoms with Gasteiger partial charge in [-0.3, -0.25) is 9.20 Å². The molecule has 7 nitrogen and oxygen atoms in total. The van der Waals surface area contributed by atoms with Gasteiger partial charge in [0.25, 0.3) is 0 Å². The number of benzene rings is 1. The van der Waals surface area contributed by atoms with Crippen molar-refractivity contribution < 1.29 is 14.3 Å². The van der Waals surface area contributed by atoms with E-state index in [1.807, 2.05) is 68.6 Å². The number of ether oxygens (including phenoxy) is 2. The van der Waals surface area contributed by atoms with Gasteiger partial charge < -0.3 is 14.8 Å². The zero-order valence-electron chi connectivity index (χ0n) is 18.3. The molecule has 0 saturated heterocycles. The first-order valence-corrected chi connectivity index (χ1v) is 10.7. The molecule has 31 heavy (non-hydrogen) atoms. The van der Waals surface area contributed by atoms with Crippen LogP contribution in [0.3, 0.4) is 0 Å². The Balaban J connectivity index is 1.55. The van der Waals surface area contributed by atoms with Crippen LogP contribution < -0.4 is 14.8 Å². The molecule has 3 aromatic rings. The number of pyridine rings is 1. The molecule has 2 atom stereocenters. The molecule has 1 aliphatic rings. The van der Waals surface area contributed by atoms with Gasteiger partial charge in [0.05, 0.1) is 12.6 Å². The zero-order chi connectivity index (χ0) is 22.0. The van der Waals surface area contributed by atoms with Crippen LogP contribution in [0.2, 0.25) is 0 Å². The van der Waals surface area contributed by atoms with Crippen molar-refractivity contribution in [2.75, 3.05) is 6.61 Å². The summed E-state index contributed by atoms with van der Waals surface area (Å²) in [6, 6.07) is 9.41. The van der Waals surface area contributed by atoms with Gasteiger partial charge in [0.2, 0.25) is 5.91 Å². The van der Waals surface area contributed by atoms with Crippen molar-refractivity contribution in [2.24, 2.45) is 5.92 Å². The van der Waals surface area contributed by atoms with Crippen LogP contribution in [0.15, 0.2) is 42.6 Å². The van der Waals surface area contributed by atoms with E-state index in [1.165, 1.54) is 6.08 Å². The summed E-state index contributed by atoms with van der Waals surface area (Å²) in [4.78, 5) is 12.8. The van der Waals surface area contributed by atoms with Gasteiger partial charge in [0.1, 0.15) is 17.6 Å². The highest BCUT2D eigenvalue weighted by molar-refractivity contribution is 5.92. The summed E-state index contributed by atoms with van der Waals surface area (Å²) in [7, 11) is 0. The van der Waals surface area contributed by atoms with E-state index in [0.717, 1.165) is 34.7 Å². The van der Waals surface area contributed by atoms with Crippen LogP contribution >= 0.6 is 0 Å². The number of aromatic nitrogens is 3. The molecule has 1 amide bonds. The molecule has 0 spiro atoms. The van der Waals surface area contributed by atoms with Crippen molar-refractivity contribution >= 4 is 17.6 Å². The number of amides is 1. The number of hydrogen-bond acceptors (Lipinski definition) is 5. The second-order valence-corrected chi connectivity index (χ2v) is 8.11. The number of carbonyl (C=O) groups is 1. The van der Waals surface area contributed by atoms with Crippen LogP contribution in [0.25, 0.3) is 11.7 Å². The van der Waals surface area contributed by atoms with Crippen LogP contribution in [0.1, 0.15) is 50.7 Å². The van der Waals surface area contributed by atoms with Crippen molar-refractivity contribution in [1.29, 1.82) is 0 Å². The van der Waals surface area contributed by atoms with Gasteiger partial charge in [0, 0.05) is 29.8 Å². The van der Waals surface area contributed by atoms with Gasteiger partial charge in [-0.15, -0.1) is 10.2 Å². The fourth-order valence-electron chi connectivity index (χ4n) is 3.83. The van der Waals surface area contributed by atoms with Gasteiger partial charge in [-0.2, -0.15) is 0 Å². The number of nitrogens with one attached hydrogen (secondary N) is 1. The molecule has 162 valence electrons. The van der Waals surface area contributed by atoms with Crippen molar-refractivity contribution in [1.82, 2.24) is 19.9 Å². The zero-order valence-corrected chi connectivity index (χ0v) is 18.3. The molecule has 3 heterocycles. The molecule has 7 heteroatoms. The van der Waals surface area contributed by atoms with Crippen molar-refractivity contribution in [3.8, 4) is 11.5 Å². The summed E-state index contributed by atoms with van der Waals surface area (Å²) in [6.07, 6.45) is 6.22. The Bertz CT molecular complexity index is 1120. The lowest BCUT2D eigenvalue weighted by Crippen LogP contribution is -2.31. The molecular formula is C24H28N4O3. The topological polar surface area (TPSA) is 77.8 Å². The summed E-state index contributed by atoms with van der Waals surface area (Å²) >= 11 is 0. The maximum atomic E-state index is 12.8. The predicted octanol–water partition coefficient (Wildman–Crippen LogP) is 3.98. The summed E-state index contributed by atoms with van der Waals surface area (Å²) in [5, 5.41) is 11.6. The fraction of sp³-hybridized carbons (Fsp3) is 0.375. The number of fused-ring (bicyclic) bond motifs is 2. The highest BCUT2D eigenvalue weighted by Crippen LogP contribution is 2.35. The van der Waals surface area contributed by atoms with Crippen molar-refractivity contribution in [3.63, 3.8) is 0 Å². The first kappa shape index (κ1) is 20.9. The predicted molar refractivity (Wildman–Crippen MR) is 119 cm³/mol. The maximum absolute atomic E-state index is 12.8. The largest absolute Gasteiger partial charge is 0.493 e. The average molecular weight is 421 g/mol. The Morgan fingerprint density at radius 1 is 1.35 bits per heavy atom. The molecule has 1 unspecified atom stereocenters. The van der Waals surface area contributed by atoms with E-state index in [0.29, 0.717) is 12.4 Å². The van der Waals surface area contributed by atoms with Gasteiger partial charge in [-0.1, -0.05) is 19.9 Å². The molecule has 1 aromatic carbocycles. The summed E-state index contributed by atoms with van der Waals surface area (Å²) in [5.74, 6) is 2.25. The third-order valence-electron chi connectivity index (χ3n) is 5.33. The van der Waals surface area contributed by atoms with E-state index in [-0.39, 0.29) is 24.0 Å². The van der Waals surface area contributed by atoms with Crippen LogP contribution in [-0.4, -0.2) is 33.2 Å². The van der Waals surface area contributed by atoms with Crippen LogP contribution in [0, 0.1) is 5.92 Å². The second kappa shape index (κ2) is 8.79. The highest BCUT2D eigenvalue weighted by atomic mass is 16.5. The smallest absolute Gasteiger partial charge is 0.244 e. The van der Waals surface area contributed by atoms with Crippen molar-refractivity contribution in [2.45, 2.75) is 46.3 Å². The fourth-order valence-corrected chi connectivity index (χ4v) is 3.83. The number of hydrogen-bond donors (Lipinski definition) is 1. The third-order valence-corrected chi connectivity index (χ3v) is 5.33. The second-order valence-electron chi connectivity index (χ2n) is 8.11. The third kappa shape index (κ3) is 4.40. The first-order chi connectivity index (χ1) is 15.0. The lowest BCUT2D eigenvalue weighted by Gasteiger charge is -2.20. The number of rotatable bonds is 7. The molecule has 2 aromatic heterocycles. The monoisotopic (exact) mass is 420 g/mol. The van der Waals surface area contributed by atoms with E-state index in [2.05, 4.69) is 15.5 Å². The Morgan fingerprint density at radius 3 is 2.97 bits per heavy atom. The summed E-state index contributed by atoms with van der Waals surface area (Å²) < 4.78 is 13.6. The molecule has 1 N–H and O–H groups in total. The minimum atomic E-state index is -0.273. The normalized spacial score (nSPS) is 16.5. The molecule has 0 saturated carbocycles. The van der Waals surface area contributed by atoms with E-state index < -0.39 is 0 Å². The van der Waals surface area contributed by atoms with E-state index in [1.54, 1.807) is 6.08 Å². The van der Waals surface area contributed by atoms with Crippen LogP contribution in [0.4, 0.5) is 0 Å². The number of nitrogens with zero attached hydrogens (tertiary/aromatic N) is 3. The lowest BCUT2D eigenvalue weighted by molar-refractivity contribution is -0.117. The van der Waals surface area contributed by atoms with Gasteiger partial charge in [-0.05, 0) is 50.1 Å². The maximum Gasteiger partial charge on any atom is 0.244 e. The molecule has 1 aliphatic heterocycles. The van der Waals surface area contributed by atoms with E-state index in [9.17, 15) is 4.79 Å². The molecule has 0 bridgehead atoms. The molecular weight excluding hydrogens is 392 g/mol. The SMILES string of the molecule is CCOc1cc2c(cc1/C=C/C(=O)N[C@H](c1nnc3ccccn13)C(C)C)OC(C)C2. The molecule has 0 radical (unpaired) electrons. The van der Waals surface area contributed by atoms with Crippen LogP contribution in [0.5, 0.6) is 11.5 Å². The average Bonchev–Trinajstić information content (AvgIpc) is 3.32. The standard InChI is InChI=1S/C24H28N4O3/c1-5-30-19-14-18-12-16(4)31-20(18)13-17(19)9-10-22(29)25-23(15(2)3)24-27-26-21-8-6-7-11-28(21)24/h6-11,13-16,23H,5,12H2,1-4H3,(H,25,29)/b10-9+/t16?,23-/m0/s1.